The highest BCUT2D eigenvalue weighted by molar-refractivity contribution is 5.81. The maximum atomic E-state index is 13.8. The van der Waals surface area contributed by atoms with Crippen molar-refractivity contribution < 1.29 is 52.1 Å². The summed E-state index contributed by atoms with van der Waals surface area (Å²) >= 11 is 0. The molecule has 2 aliphatic heterocycles. The number of ether oxygens (including phenoxy) is 4. The van der Waals surface area contributed by atoms with Gasteiger partial charge in [0.05, 0.1) is 39.5 Å². The summed E-state index contributed by atoms with van der Waals surface area (Å²) in [7, 11) is 2.89. The lowest BCUT2D eigenvalue weighted by Crippen LogP contribution is -2.52. The van der Waals surface area contributed by atoms with Gasteiger partial charge in [0, 0.05) is 32.6 Å². The number of hydrogen-bond donors (Lipinski definition) is 1. The van der Waals surface area contributed by atoms with Gasteiger partial charge in [-0.05, 0) is 53.2 Å². The van der Waals surface area contributed by atoms with Gasteiger partial charge in [-0.15, -0.1) is 0 Å². The molecule has 1 aromatic rings. The van der Waals surface area contributed by atoms with E-state index in [2.05, 4.69) is 0 Å². The lowest BCUT2D eigenvalue weighted by molar-refractivity contribution is -0.184. The smallest absolute Gasteiger partial charge is 0.410 e. The monoisotopic (exact) mass is 603 g/mol. The molecule has 3 rings (SSSR count). The Morgan fingerprint density at radius 1 is 0.929 bits per heavy atom. The molecule has 238 valence electrons. The lowest BCUT2D eigenvalue weighted by Gasteiger charge is -2.34. The van der Waals surface area contributed by atoms with E-state index in [1.165, 1.54) is 24.0 Å². The average Bonchev–Trinajstić information content (AvgIpc) is 2.89. The third kappa shape index (κ3) is 11.2. The van der Waals surface area contributed by atoms with Gasteiger partial charge in [-0.2, -0.15) is 0 Å². The Hall–Kier alpha value is -3.23. The van der Waals surface area contributed by atoms with Crippen molar-refractivity contribution in [3.05, 3.63) is 29.3 Å². The van der Waals surface area contributed by atoms with Crippen molar-refractivity contribution in [3.8, 4) is 5.75 Å². The molecule has 0 saturated carbocycles. The van der Waals surface area contributed by atoms with E-state index in [1.54, 1.807) is 41.5 Å². The van der Waals surface area contributed by atoms with Gasteiger partial charge in [-0.1, -0.05) is 0 Å². The Kier molecular flexibility index (Phi) is 12.3. The van der Waals surface area contributed by atoms with Crippen LogP contribution in [-0.2, 0) is 35.0 Å². The molecule has 0 unspecified atom stereocenters. The number of carbonyl (C=O) groups excluding carboxylic acids is 3. The zero-order valence-electron chi connectivity index (χ0n) is 25.6. The van der Waals surface area contributed by atoms with E-state index in [4.69, 9.17) is 28.9 Å². The first-order valence-corrected chi connectivity index (χ1v) is 13.6. The van der Waals surface area contributed by atoms with E-state index >= 15 is 0 Å². The van der Waals surface area contributed by atoms with Crippen LogP contribution in [0.1, 0.15) is 47.1 Å². The Balaban J connectivity index is 0.000000299. The molecule has 12 nitrogen and oxygen atoms in total. The molecule has 0 aromatic heterocycles. The predicted octanol–water partition coefficient (Wildman–Crippen LogP) is 3.49. The number of rotatable bonds is 4. The number of phenolic OH excluding ortho intramolecular Hbond substituents is 1. The molecule has 42 heavy (non-hydrogen) atoms. The van der Waals surface area contributed by atoms with Crippen molar-refractivity contribution in [3.63, 3.8) is 0 Å². The highest BCUT2D eigenvalue weighted by atomic mass is 19.1. The van der Waals surface area contributed by atoms with Crippen molar-refractivity contribution in [1.29, 1.82) is 0 Å². The van der Waals surface area contributed by atoms with Crippen LogP contribution >= 0.6 is 0 Å². The standard InChI is InChI=1S/C16H21F2NO4.C12H22N2O5/c1-16(2,3)23-15(21)19-4-5-22-11(9-19)6-10-7-13(18)14(20)8-12(10)17;1-12(2,3)19-11(16)14-6-7-18-9(8-14)10(15)13(4)17-5/h7-8,11,20H,4-6,9H2,1-3H3;9H,6-8H2,1-5H3/t11-;9-/m10/s1. The van der Waals surface area contributed by atoms with Gasteiger partial charge in [0.15, 0.2) is 17.7 Å². The molecule has 2 fully saturated rings. The molecule has 0 spiro atoms. The zero-order valence-corrected chi connectivity index (χ0v) is 25.6. The second-order valence-corrected chi connectivity index (χ2v) is 11.8. The van der Waals surface area contributed by atoms with Crippen LogP contribution in [0.25, 0.3) is 0 Å². The minimum absolute atomic E-state index is 0.0938. The summed E-state index contributed by atoms with van der Waals surface area (Å²) in [5, 5.41) is 10.2. The first kappa shape index (κ1) is 35.0. The second-order valence-electron chi connectivity index (χ2n) is 11.8. The SMILES string of the molecule is CC(C)(C)OC(=O)N1CCO[C@H](Cc2cc(F)c(O)cc2F)C1.CON(C)C(=O)[C@@H]1CN(C(=O)OC(C)(C)C)CCO1. The van der Waals surface area contributed by atoms with E-state index < -0.39 is 53.0 Å². The molecule has 2 atom stereocenters. The number of benzene rings is 1. The predicted molar refractivity (Wildman–Crippen MR) is 147 cm³/mol. The fourth-order valence-electron chi connectivity index (χ4n) is 3.90. The van der Waals surface area contributed by atoms with Gasteiger partial charge in [0.2, 0.25) is 0 Å². The number of hydrogen-bond acceptors (Lipinski definition) is 9. The molecule has 1 N–H and O–H groups in total. The van der Waals surface area contributed by atoms with Crippen molar-refractivity contribution in [2.24, 2.45) is 0 Å². The summed E-state index contributed by atoms with van der Waals surface area (Å²) in [4.78, 5) is 43.6. The number of hydroxylamine groups is 2. The van der Waals surface area contributed by atoms with Crippen LogP contribution in [0.2, 0.25) is 0 Å². The first-order chi connectivity index (χ1) is 19.4. The number of phenols is 1. The summed E-state index contributed by atoms with van der Waals surface area (Å²) in [5.41, 5.74) is -1.06. The quantitative estimate of drug-likeness (QED) is 0.515. The average molecular weight is 604 g/mol. The molecular weight excluding hydrogens is 560 g/mol. The largest absolute Gasteiger partial charge is 0.505 e. The summed E-state index contributed by atoms with van der Waals surface area (Å²) < 4.78 is 48.6. The number of halogens is 2. The molecule has 2 heterocycles. The van der Waals surface area contributed by atoms with E-state index in [0.29, 0.717) is 26.3 Å². The zero-order chi connectivity index (χ0) is 31.8. The van der Waals surface area contributed by atoms with Gasteiger partial charge in [-0.25, -0.2) is 23.4 Å². The Labute approximate surface area is 245 Å². The number of amides is 3. The molecular formula is C28H43F2N3O9. The van der Waals surface area contributed by atoms with Gasteiger partial charge in [-0.3, -0.25) is 9.63 Å². The van der Waals surface area contributed by atoms with Crippen LogP contribution in [0.5, 0.6) is 5.75 Å². The third-order valence-corrected chi connectivity index (χ3v) is 5.93. The highest BCUT2D eigenvalue weighted by Gasteiger charge is 2.33. The number of likely N-dealkylation sites (N-methyl/N-ethyl adjacent to an activating group) is 1. The highest BCUT2D eigenvalue weighted by Crippen LogP contribution is 2.23. The first-order valence-electron chi connectivity index (χ1n) is 13.6. The van der Waals surface area contributed by atoms with Gasteiger partial charge >= 0.3 is 12.2 Å². The molecule has 2 saturated heterocycles. The fraction of sp³-hybridized carbons (Fsp3) is 0.679. The van der Waals surface area contributed by atoms with Crippen LogP contribution < -0.4 is 0 Å². The van der Waals surface area contributed by atoms with E-state index in [0.717, 1.165) is 17.2 Å². The Bertz CT molecular complexity index is 1090. The van der Waals surface area contributed by atoms with Crippen LogP contribution in [0.3, 0.4) is 0 Å². The molecule has 0 bridgehead atoms. The van der Waals surface area contributed by atoms with Crippen molar-refractivity contribution >= 4 is 18.1 Å². The molecule has 0 aliphatic carbocycles. The van der Waals surface area contributed by atoms with Gasteiger partial charge < -0.3 is 33.9 Å². The molecule has 2 aliphatic rings. The lowest BCUT2D eigenvalue weighted by atomic mass is 10.1. The minimum Gasteiger partial charge on any atom is -0.505 e. The van der Waals surface area contributed by atoms with Crippen molar-refractivity contribution in [1.82, 2.24) is 14.9 Å². The Morgan fingerprint density at radius 3 is 1.98 bits per heavy atom. The number of morpholine rings is 2. The van der Waals surface area contributed by atoms with Crippen LogP contribution in [-0.4, -0.2) is 115 Å². The normalized spacial score (nSPS) is 19.4. The summed E-state index contributed by atoms with van der Waals surface area (Å²) in [6, 6.07) is 1.68. The van der Waals surface area contributed by atoms with Crippen LogP contribution in [0.4, 0.5) is 18.4 Å². The fourth-order valence-corrected chi connectivity index (χ4v) is 3.90. The minimum atomic E-state index is -0.888. The van der Waals surface area contributed by atoms with Crippen molar-refractivity contribution in [2.45, 2.75) is 71.4 Å². The maximum absolute atomic E-state index is 13.8. The maximum Gasteiger partial charge on any atom is 0.410 e. The topological polar surface area (TPSA) is 127 Å². The summed E-state index contributed by atoms with van der Waals surface area (Å²) in [6.07, 6.45) is -1.97. The third-order valence-electron chi connectivity index (χ3n) is 5.93. The molecule has 0 radical (unpaired) electrons. The van der Waals surface area contributed by atoms with E-state index in [9.17, 15) is 23.2 Å². The van der Waals surface area contributed by atoms with E-state index in [-0.39, 0.29) is 31.0 Å². The number of aromatic hydroxyl groups is 1. The van der Waals surface area contributed by atoms with Crippen molar-refractivity contribution in [2.75, 3.05) is 53.6 Å². The van der Waals surface area contributed by atoms with Crippen LogP contribution in [0, 0.1) is 11.6 Å². The number of nitrogens with zero attached hydrogens (tertiary/aromatic N) is 3. The summed E-state index contributed by atoms with van der Waals surface area (Å²) in [6.45, 7) is 12.5. The number of carbonyl (C=O) groups is 3. The molecule has 14 heteroatoms. The summed E-state index contributed by atoms with van der Waals surface area (Å²) in [5.74, 6) is -2.65. The Morgan fingerprint density at radius 2 is 1.45 bits per heavy atom. The molecule has 1 aromatic carbocycles. The molecule has 3 amide bonds. The van der Waals surface area contributed by atoms with Gasteiger partial charge in [0.1, 0.15) is 17.0 Å². The van der Waals surface area contributed by atoms with Crippen LogP contribution in [0.15, 0.2) is 12.1 Å². The second kappa shape index (κ2) is 14.8. The van der Waals surface area contributed by atoms with Gasteiger partial charge in [0.25, 0.3) is 5.91 Å². The van der Waals surface area contributed by atoms with E-state index in [1.807, 2.05) is 0 Å².